The van der Waals surface area contributed by atoms with Crippen molar-refractivity contribution in [3.8, 4) is 11.8 Å². The fraction of sp³-hybridized carbons (Fsp3) is 0.333. The molecule has 0 radical (unpaired) electrons. The van der Waals surface area contributed by atoms with Crippen LogP contribution in [-0.2, 0) is 6.42 Å². The van der Waals surface area contributed by atoms with E-state index >= 15 is 0 Å². The predicted molar refractivity (Wildman–Crippen MR) is 45.0 cm³/mol. The Morgan fingerprint density at radius 3 is 2.67 bits per heavy atom. The molecule has 0 fully saturated rings. The van der Waals surface area contributed by atoms with Gasteiger partial charge in [-0.05, 0) is 18.1 Å². The highest BCUT2D eigenvalue weighted by Crippen LogP contribution is 2.26. The maximum Gasteiger partial charge on any atom is 0.573 e. The summed E-state index contributed by atoms with van der Waals surface area (Å²) in [5.74, 6) is -0.366. The number of pyridine rings is 1. The molecule has 0 amide bonds. The van der Waals surface area contributed by atoms with Gasteiger partial charge < -0.3 is 4.74 Å². The Kier molecular flexibility index (Phi) is 3.14. The van der Waals surface area contributed by atoms with Gasteiger partial charge in [-0.15, -0.1) is 13.2 Å². The van der Waals surface area contributed by atoms with E-state index in [0.29, 0.717) is 5.56 Å². The molecule has 0 atom stereocenters. The largest absolute Gasteiger partial charge is 0.573 e. The molecule has 3 nitrogen and oxygen atoms in total. The highest BCUT2D eigenvalue weighted by molar-refractivity contribution is 5.37. The summed E-state index contributed by atoms with van der Waals surface area (Å²) in [6.45, 7) is 1.45. The van der Waals surface area contributed by atoms with Crippen LogP contribution in [0, 0.1) is 18.3 Å². The number of aromatic nitrogens is 1. The Balaban J connectivity index is 3.00. The lowest BCUT2D eigenvalue weighted by Crippen LogP contribution is -2.18. The number of nitrogens with zero attached hydrogens (tertiary/aromatic N) is 2. The van der Waals surface area contributed by atoms with Crippen LogP contribution in [0.15, 0.2) is 12.4 Å². The monoisotopic (exact) mass is 216 g/mol. The minimum Gasteiger partial charge on any atom is -0.404 e. The molecule has 80 valence electrons. The van der Waals surface area contributed by atoms with Gasteiger partial charge >= 0.3 is 6.36 Å². The number of ether oxygens (including phenoxy) is 1. The Morgan fingerprint density at radius 1 is 1.47 bits per heavy atom. The maximum atomic E-state index is 11.9. The van der Waals surface area contributed by atoms with Gasteiger partial charge in [-0.3, -0.25) is 4.98 Å². The number of alkyl halides is 3. The first-order valence-electron chi connectivity index (χ1n) is 4.00. The van der Waals surface area contributed by atoms with Crippen molar-refractivity contribution in [3.63, 3.8) is 0 Å². The summed E-state index contributed by atoms with van der Waals surface area (Å²) in [5, 5.41) is 8.43. The lowest BCUT2D eigenvalue weighted by Gasteiger charge is -2.12. The van der Waals surface area contributed by atoms with Crippen molar-refractivity contribution in [2.45, 2.75) is 19.7 Å². The molecule has 1 heterocycles. The second-order valence-corrected chi connectivity index (χ2v) is 2.80. The molecule has 1 aromatic rings. The first-order chi connectivity index (χ1) is 6.94. The summed E-state index contributed by atoms with van der Waals surface area (Å²) in [7, 11) is 0. The summed E-state index contributed by atoms with van der Waals surface area (Å²) in [4.78, 5) is 3.57. The van der Waals surface area contributed by atoms with Gasteiger partial charge in [-0.2, -0.15) is 5.26 Å². The van der Waals surface area contributed by atoms with Gasteiger partial charge in [0, 0.05) is 6.20 Å². The molecule has 0 N–H and O–H groups in total. The Labute approximate surface area is 84.1 Å². The molecule has 0 aromatic carbocycles. The molecule has 1 rings (SSSR count). The molecule has 0 aliphatic carbocycles. The molecular formula is C9H7F3N2O. The van der Waals surface area contributed by atoms with Crippen LogP contribution in [0.1, 0.15) is 11.1 Å². The van der Waals surface area contributed by atoms with Crippen molar-refractivity contribution < 1.29 is 17.9 Å². The van der Waals surface area contributed by atoms with Gasteiger partial charge in [-0.1, -0.05) is 0 Å². The van der Waals surface area contributed by atoms with E-state index in [0.717, 1.165) is 6.20 Å². The molecular weight excluding hydrogens is 209 g/mol. The number of rotatable bonds is 2. The topological polar surface area (TPSA) is 45.9 Å². The molecule has 0 saturated carbocycles. The van der Waals surface area contributed by atoms with Gasteiger partial charge in [0.15, 0.2) is 5.75 Å². The lowest BCUT2D eigenvalue weighted by molar-refractivity contribution is -0.275. The fourth-order valence-electron chi connectivity index (χ4n) is 1.04. The van der Waals surface area contributed by atoms with Gasteiger partial charge in [0.2, 0.25) is 0 Å². The normalized spacial score (nSPS) is 10.9. The van der Waals surface area contributed by atoms with Crippen molar-refractivity contribution in [1.82, 2.24) is 4.98 Å². The van der Waals surface area contributed by atoms with Gasteiger partial charge in [-0.25, -0.2) is 0 Å². The number of halogens is 3. The Bertz CT molecular complexity index is 395. The molecule has 6 heteroatoms. The van der Waals surface area contributed by atoms with Crippen LogP contribution in [0.4, 0.5) is 13.2 Å². The fourth-order valence-corrected chi connectivity index (χ4v) is 1.04. The molecule has 0 aliphatic heterocycles. The highest BCUT2D eigenvalue weighted by atomic mass is 19.4. The summed E-state index contributed by atoms with van der Waals surface area (Å²) >= 11 is 0. The molecule has 0 unspecified atom stereocenters. The van der Waals surface area contributed by atoms with E-state index in [9.17, 15) is 13.2 Å². The minimum absolute atomic E-state index is 0.00783. The zero-order valence-electron chi connectivity index (χ0n) is 7.80. The van der Waals surface area contributed by atoms with Crippen molar-refractivity contribution in [2.24, 2.45) is 0 Å². The number of hydrogen-bond acceptors (Lipinski definition) is 3. The van der Waals surface area contributed by atoms with E-state index in [1.807, 2.05) is 6.07 Å². The first-order valence-corrected chi connectivity index (χ1v) is 4.00. The molecule has 0 spiro atoms. The smallest absolute Gasteiger partial charge is 0.404 e. The number of nitriles is 1. The van der Waals surface area contributed by atoms with Crippen molar-refractivity contribution in [3.05, 3.63) is 23.5 Å². The van der Waals surface area contributed by atoms with Gasteiger partial charge in [0.25, 0.3) is 0 Å². The zero-order chi connectivity index (χ0) is 11.5. The molecule has 0 aliphatic rings. The maximum absolute atomic E-state index is 11.9. The summed E-state index contributed by atoms with van der Waals surface area (Å²) < 4.78 is 39.5. The third kappa shape index (κ3) is 3.13. The summed E-state index contributed by atoms with van der Waals surface area (Å²) in [5.41, 5.74) is 0.711. The minimum atomic E-state index is -4.74. The van der Waals surface area contributed by atoms with Crippen LogP contribution in [0.5, 0.6) is 5.75 Å². The molecule has 0 saturated heterocycles. The third-order valence-corrected chi connectivity index (χ3v) is 1.77. The average Bonchev–Trinajstić information content (AvgIpc) is 2.10. The summed E-state index contributed by atoms with van der Waals surface area (Å²) in [6.07, 6.45) is -2.41. The van der Waals surface area contributed by atoms with Crippen LogP contribution in [0.25, 0.3) is 0 Å². The lowest BCUT2D eigenvalue weighted by atomic mass is 10.1. The van der Waals surface area contributed by atoms with E-state index in [1.165, 1.54) is 13.1 Å². The number of hydrogen-bond donors (Lipinski definition) is 0. The Hall–Kier alpha value is -1.77. The van der Waals surface area contributed by atoms with Crippen molar-refractivity contribution in [1.29, 1.82) is 5.26 Å². The quantitative estimate of drug-likeness (QED) is 0.762. The first kappa shape index (κ1) is 11.3. The second kappa shape index (κ2) is 4.17. The molecule has 0 bridgehead atoms. The van der Waals surface area contributed by atoms with Crippen molar-refractivity contribution >= 4 is 0 Å². The third-order valence-electron chi connectivity index (χ3n) is 1.77. The van der Waals surface area contributed by atoms with Gasteiger partial charge in [0.1, 0.15) is 0 Å². The van der Waals surface area contributed by atoms with E-state index < -0.39 is 6.36 Å². The zero-order valence-corrected chi connectivity index (χ0v) is 7.80. The highest BCUT2D eigenvalue weighted by Gasteiger charge is 2.32. The van der Waals surface area contributed by atoms with Crippen LogP contribution < -0.4 is 4.74 Å². The predicted octanol–water partition coefficient (Wildman–Crippen LogP) is 2.35. The second-order valence-electron chi connectivity index (χ2n) is 2.80. The van der Waals surface area contributed by atoms with E-state index in [-0.39, 0.29) is 17.7 Å². The van der Waals surface area contributed by atoms with Crippen molar-refractivity contribution in [2.75, 3.05) is 0 Å². The van der Waals surface area contributed by atoms with Crippen LogP contribution in [0.2, 0.25) is 0 Å². The van der Waals surface area contributed by atoms with Crippen LogP contribution in [-0.4, -0.2) is 11.3 Å². The standard InChI is InChI=1S/C9H7F3N2O/c1-6-7(2-3-13)4-14-5-8(6)15-9(10,11)12/h4-5H,2H2,1H3. The Morgan fingerprint density at radius 2 is 2.13 bits per heavy atom. The summed E-state index contributed by atoms with van der Waals surface area (Å²) in [6, 6.07) is 1.84. The van der Waals surface area contributed by atoms with E-state index in [1.54, 1.807) is 0 Å². The average molecular weight is 216 g/mol. The van der Waals surface area contributed by atoms with Crippen LogP contribution in [0.3, 0.4) is 0 Å². The SMILES string of the molecule is Cc1c(CC#N)cncc1OC(F)(F)F. The van der Waals surface area contributed by atoms with Gasteiger partial charge in [0.05, 0.1) is 18.7 Å². The molecule has 15 heavy (non-hydrogen) atoms. The van der Waals surface area contributed by atoms with E-state index in [4.69, 9.17) is 5.26 Å². The van der Waals surface area contributed by atoms with E-state index in [2.05, 4.69) is 9.72 Å². The van der Waals surface area contributed by atoms with Crippen LogP contribution >= 0.6 is 0 Å². The molecule has 1 aromatic heterocycles.